The van der Waals surface area contributed by atoms with Crippen LogP contribution in [0.1, 0.15) is 43.9 Å². The number of hydrogen-bond acceptors (Lipinski definition) is 6. The lowest BCUT2D eigenvalue weighted by Gasteiger charge is -2.48. The number of ether oxygens (including phenoxy) is 2. The molecule has 10 heteroatoms. The van der Waals surface area contributed by atoms with Crippen LogP contribution in [-0.2, 0) is 28.9 Å². The fourth-order valence-electron chi connectivity index (χ4n) is 5.69. The number of aliphatic carboxylic acids is 1. The molecule has 2 atom stereocenters. The number of fused-ring (bicyclic) bond motifs is 1. The Kier molecular flexibility index (Phi) is 8.57. The Balaban J connectivity index is 1.33. The number of carboxylic acid groups (broad SMARTS) is 1. The maximum Gasteiger partial charge on any atom is 0.416 e. The van der Waals surface area contributed by atoms with Crippen LogP contribution in [0.25, 0.3) is 0 Å². The summed E-state index contributed by atoms with van der Waals surface area (Å²) in [5.74, 6) is -0.211. The number of anilines is 2. The number of aromatic nitrogens is 1. The topological polar surface area (TPSA) is 113 Å². The van der Waals surface area contributed by atoms with E-state index in [2.05, 4.69) is 4.98 Å². The van der Waals surface area contributed by atoms with Gasteiger partial charge in [0.25, 0.3) is 0 Å². The zero-order chi connectivity index (χ0) is 30.7. The standard InChI is InChI=1S/C33H38N4O6/c1-33(2,3)43-32(41)36(20-22-11-13-26(42-4)14-12-22)28-19-23(15-16-34-28)18-25-21-37(29(25)30(38)39)31(40)35-17-7-9-24-8-5-6-10-27(24)35/h5-6,8,10-16,19,25,29H,7,9,17-18,20-21H2,1-4H3,(H,38,39)/t25-,29-/m0/s1. The van der Waals surface area contributed by atoms with Crippen molar-refractivity contribution in [2.24, 2.45) is 5.92 Å². The molecule has 226 valence electrons. The number of para-hydroxylation sites is 1. The van der Waals surface area contributed by atoms with Crippen LogP contribution in [0.15, 0.2) is 66.9 Å². The third-order valence-corrected chi connectivity index (χ3v) is 7.75. The van der Waals surface area contributed by atoms with Gasteiger partial charge in [-0.1, -0.05) is 30.3 Å². The fourth-order valence-corrected chi connectivity index (χ4v) is 5.69. The summed E-state index contributed by atoms with van der Waals surface area (Å²) >= 11 is 0. The van der Waals surface area contributed by atoms with Gasteiger partial charge in [0.2, 0.25) is 0 Å². The van der Waals surface area contributed by atoms with Gasteiger partial charge in [-0.25, -0.2) is 19.4 Å². The molecule has 5 rings (SSSR count). The number of pyridine rings is 1. The monoisotopic (exact) mass is 586 g/mol. The second-order valence-corrected chi connectivity index (χ2v) is 12.0. The minimum Gasteiger partial charge on any atom is -0.497 e. The molecule has 0 unspecified atom stereocenters. The van der Waals surface area contributed by atoms with E-state index in [0.717, 1.165) is 35.2 Å². The van der Waals surface area contributed by atoms with Gasteiger partial charge >= 0.3 is 18.1 Å². The second-order valence-electron chi connectivity index (χ2n) is 12.0. The molecule has 1 aromatic heterocycles. The Morgan fingerprint density at radius 2 is 1.79 bits per heavy atom. The van der Waals surface area contributed by atoms with Crippen molar-refractivity contribution in [3.8, 4) is 5.75 Å². The summed E-state index contributed by atoms with van der Waals surface area (Å²) in [6.45, 7) is 6.52. The summed E-state index contributed by atoms with van der Waals surface area (Å²) in [7, 11) is 1.59. The summed E-state index contributed by atoms with van der Waals surface area (Å²) in [4.78, 5) is 48.3. The van der Waals surface area contributed by atoms with Gasteiger partial charge in [-0.05, 0) is 87.1 Å². The number of aryl methyl sites for hydroxylation is 1. The van der Waals surface area contributed by atoms with Crippen LogP contribution in [0.2, 0.25) is 0 Å². The van der Waals surface area contributed by atoms with Crippen LogP contribution >= 0.6 is 0 Å². The van der Waals surface area contributed by atoms with E-state index in [4.69, 9.17) is 9.47 Å². The van der Waals surface area contributed by atoms with Crippen LogP contribution in [0, 0.1) is 5.92 Å². The highest BCUT2D eigenvalue weighted by Crippen LogP contribution is 2.34. The normalized spacial score (nSPS) is 17.9. The van der Waals surface area contributed by atoms with Crippen molar-refractivity contribution in [3.05, 3.63) is 83.6 Å². The first-order chi connectivity index (χ1) is 20.5. The van der Waals surface area contributed by atoms with E-state index in [9.17, 15) is 19.5 Å². The van der Waals surface area contributed by atoms with E-state index in [-0.39, 0.29) is 18.5 Å². The van der Waals surface area contributed by atoms with Crippen molar-refractivity contribution in [1.82, 2.24) is 9.88 Å². The molecule has 1 N–H and O–H groups in total. The lowest BCUT2D eigenvalue weighted by molar-refractivity contribution is -0.150. The number of carbonyl (C=O) groups excluding carboxylic acids is 2. The molecule has 3 amide bonds. The van der Waals surface area contributed by atoms with Crippen LogP contribution in [0.5, 0.6) is 5.75 Å². The number of urea groups is 1. The van der Waals surface area contributed by atoms with Crippen molar-refractivity contribution in [2.75, 3.05) is 30.0 Å². The van der Waals surface area contributed by atoms with Crippen molar-refractivity contribution in [2.45, 2.75) is 58.2 Å². The van der Waals surface area contributed by atoms with Gasteiger partial charge in [0.05, 0.1) is 13.7 Å². The molecule has 1 saturated heterocycles. The summed E-state index contributed by atoms with van der Waals surface area (Å²) < 4.78 is 10.9. The average molecular weight is 587 g/mol. The first-order valence-corrected chi connectivity index (χ1v) is 14.5. The van der Waals surface area contributed by atoms with Crippen molar-refractivity contribution < 1.29 is 29.0 Å². The van der Waals surface area contributed by atoms with Crippen molar-refractivity contribution in [3.63, 3.8) is 0 Å². The molecule has 10 nitrogen and oxygen atoms in total. The first-order valence-electron chi connectivity index (χ1n) is 14.5. The Labute approximate surface area is 251 Å². The molecule has 43 heavy (non-hydrogen) atoms. The van der Waals surface area contributed by atoms with Gasteiger partial charge in [-0.2, -0.15) is 0 Å². The molecule has 3 aromatic rings. The van der Waals surface area contributed by atoms with Crippen LogP contribution in [0.3, 0.4) is 0 Å². The Morgan fingerprint density at radius 3 is 2.49 bits per heavy atom. The minimum atomic E-state index is -1.03. The Bertz CT molecular complexity index is 1490. The van der Waals surface area contributed by atoms with Gasteiger partial charge in [-0.3, -0.25) is 9.80 Å². The quantitative estimate of drug-likeness (QED) is 0.387. The molecule has 0 saturated carbocycles. The number of benzene rings is 2. The molecule has 0 aliphatic carbocycles. The SMILES string of the molecule is COc1ccc(CN(C(=O)OC(C)(C)C)c2cc(C[C@H]3CN(C(=O)N4CCCc5ccccc54)[C@@H]3C(=O)O)ccn2)cc1. The van der Waals surface area contributed by atoms with Gasteiger partial charge in [-0.15, -0.1) is 0 Å². The second kappa shape index (κ2) is 12.3. The van der Waals surface area contributed by atoms with E-state index in [0.29, 0.717) is 31.1 Å². The van der Waals surface area contributed by atoms with Gasteiger partial charge in [0, 0.05) is 30.9 Å². The minimum absolute atomic E-state index is 0.218. The predicted octanol–water partition coefficient (Wildman–Crippen LogP) is 5.53. The summed E-state index contributed by atoms with van der Waals surface area (Å²) in [6, 6.07) is 17.6. The predicted molar refractivity (Wildman–Crippen MR) is 162 cm³/mol. The van der Waals surface area contributed by atoms with Crippen LogP contribution < -0.4 is 14.5 Å². The molecular weight excluding hydrogens is 548 g/mol. The molecule has 2 aliphatic rings. The smallest absolute Gasteiger partial charge is 0.416 e. The molecule has 0 radical (unpaired) electrons. The summed E-state index contributed by atoms with van der Waals surface area (Å²) in [6.07, 6.45) is 3.21. The number of methoxy groups -OCH3 is 1. The molecule has 2 aliphatic heterocycles. The zero-order valence-electron chi connectivity index (χ0n) is 25.0. The molecule has 2 aromatic carbocycles. The fraction of sp³-hybridized carbons (Fsp3) is 0.394. The summed E-state index contributed by atoms with van der Waals surface area (Å²) in [5, 5.41) is 10.1. The van der Waals surface area contributed by atoms with Crippen LogP contribution in [0.4, 0.5) is 21.1 Å². The number of hydrogen-bond donors (Lipinski definition) is 1. The van der Waals surface area contributed by atoms with E-state index < -0.39 is 23.7 Å². The average Bonchev–Trinajstić information content (AvgIpc) is 2.96. The van der Waals surface area contributed by atoms with E-state index in [1.54, 1.807) is 45.0 Å². The molecule has 0 bridgehead atoms. The van der Waals surface area contributed by atoms with Gasteiger partial charge < -0.3 is 19.5 Å². The molecule has 1 fully saturated rings. The number of carboxylic acids is 1. The number of nitrogens with zero attached hydrogens (tertiary/aromatic N) is 4. The first kappa shape index (κ1) is 29.9. The third-order valence-electron chi connectivity index (χ3n) is 7.75. The highest BCUT2D eigenvalue weighted by molar-refractivity contribution is 5.96. The van der Waals surface area contributed by atoms with E-state index in [1.165, 1.54) is 9.80 Å². The van der Waals surface area contributed by atoms with Crippen molar-refractivity contribution in [1.29, 1.82) is 0 Å². The lowest BCUT2D eigenvalue weighted by Crippen LogP contribution is -2.65. The van der Waals surface area contributed by atoms with Crippen LogP contribution in [-0.4, -0.2) is 64.9 Å². The van der Waals surface area contributed by atoms with Gasteiger partial charge in [0.1, 0.15) is 23.2 Å². The van der Waals surface area contributed by atoms with Gasteiger partial charge in [0.15, 0.2) is 0 Å². The largest absolute Gasteiger partial charge is 0.497 e. The molecular formula is C33H38N4O6. The Morgan fingerprint density at radius 1 is 1.05 bits per heavy atom. The molecule has 0 spiro atoms. The highest BCUT2D eigenvalue weighted by atomic mass is 16.6. The van der Waals surface area contributed by atoms with Crippen molar-refractivity contribution >= 4 is 29.6 Å². The Hall–Kier alpha value is -4.60. The highest BCUT2D eigenvalue weighted by Gasteiger charge is 2.48. The molecule has 3 heterocycles. The maximum absolute atomic E-state index is 13.5. The number of likely N-dealkylation sites (tertiary alicyclic amines) is 1. The van der Waals surface area contributed by atoms with E-state index >= 15 is 0 Å². The van der Waals surface area contributed by atoms with E-state index in [1.807, 2.05) is 54.6 Å². The number of carbonyl (C=O) groups is 3. The summed E-state index contributed by atoms with van der Waals surface area (Å²) in [5.41, 5.74) is 2.92. The maximum atomic E-state index is 13.5. The third kappa shape index (κ3) is 6.74. The zero-order valence-corrected chi connectivity index (χ0v) is 25.0. The number of amides is 3. The number of rotatable bonds is 7. The lowest BCUT2D eigenvalue weighted by atomic mass is 9.83.